The molecule has 3 rings (SSSR count). The predicted octanol–water partition coefficient (Wildman–Crippen LogP) is 3.35. The number of anilines is 2. The van der Waals surface area contributed by atoms with Crippen molar-refractivity contribution >= 4 is 17.5 Å². The molecule has 1 fully saturated rings. The fourth-order valence-corrected chi connectivity index (χ4v) is 2.87. The Hall–Kier alpha value is -2.50. The van der Waals surface area contributed by atoms with Gasteiger partial charge >= 0.3 is 0 Å². The minimum atomic E-state index is 0.131. The van der Waals surface area contributed by atoms with E-state index in [2.05, 4.69) is 39.7 Å². The molecule has 6 nitrogen and oxygen atoms in total. The summed E-state index contributed by atoms with van der Waals surface area (Å²) in [5, 5.41) is 14.6. The number of carbonyl (C=O) groups excluding carboxylic acids is 1. The maximum Gasteiger partial charge on any atom is 0.243 e. The molecule has 132 valence electrons. The summed E-state index contributed by atoms with van der Waals surface area (Å²) in [6.07, 6.45) is 4.85. The van der Waals surface area contributed by atoms with Crippen LogP contribution in [0.3, 0.4) is 0 Å². The third-order valence-corrected chi connectivity index (χ3v) is 4.63. The summed E-state index contributed by atoms with van der Waals surface area (Å²) in [7, 11) is 0. The van der Waals surface area contributed by atoms with Crippen molar-refractivity contribution in [3.8, 4) is 0 Å². The van der Waals surface area contributed by atoms with E-state index in [0.29, 0.717) is 12.5 Å². The number of aryl methyl sites for hydroxylation is 2. The van der Waals surface area contributed by atoms with E-state index in [1.165, 1.54) is 0 Å². The van der Waals surface area contributed by atoms with Gasteiger partial charge in [0.1, 0.15) is 0 Å². The first-order valence-electron chi connectivity index (χ1n) is 9.05. The van der Waals surface area contributed by atoms with E-state index in [0.717, 1.165) is 54.7 Å². The van der Waals surface area contributed by atoms with Gasteiger partial charge in [0.2, 0.25) is 11.9 Å². The average Bonchev–Trinajstić information content (AvgIpc) is 2.58. The largest absolute Gasteiger partial charge is 0.349 e. The molecule has 1 heterocycles. The smallest absolute Gasteiger partial charge is 0.243 e. The van der Waals surface area contributed by atoms with Gasteiger partial charge in [-0.3, -0.25) is 4.79 Å². The number of hydrogen-bond acceptors (Lipinski definition) is 5. The normalized spacial score (nSPS) is 14.0. The number of benzene rings is 1. The van der Waals surface area contributed by atoms with Crippen molar-refractivity contribution in [2.24, 2.45) is 5.92 Å². The summed E-state index contributed by atoms with van der Waals surface area (Å²) in [5.74, 6) is 0.857. The number of hydrogen-bond donors (Lipinski definition) is 2. The van der Waals surface area contributed by atoms with Crippen molar-refractivity contribution in [3.05, 3.63) is 41.2 Å². The SMILES string of the molecule is CCc1nnc(NCc2cccc(NC(=O)C3CCC3)c2)nc1CC. The molecule has 1 aromatic carbocycles. The molecular weight excluding hydrogens is 314 g/mol. The second-order valence-electron chi connectivity index (χ2n) is 6.41. The maximum absolute atomic E-state index is 12.1. The van der Waals surface area contributed by atoms with Crippen molar-refractivity contribution in [3.63, 3.8) is 0 Å². The zero-order valence-corrected chi connectivity index (χ0v) is 14.9. The van der Waals surface area contributed by atoms with Crippen molar-refractivity contribution < 1.29 is 4.79 Å². The number of rotatable bonds is 7. The number of aromatic nitrogens is 3. The highest BCUT2D eigenvalue weighted by molar-refractivity contribution is 5.93. The highest BCUT2D eigenvalue weighted by Gasteiger charge is 2.25. The van der Waals surface area contributed by atoms with Gasteiger partial charge in [0.25, 0.3) is 0 Å². The van der Waals surface area contributed by atoms with Crippen LogP contribution in [0.1, 0.15) is 50.1 Å². The van der Waals surface area contributed by atoms with Crippen LogP contribution in [0.5, 0.6) is 0 Å². The van der Waals surface area contributed by atoms with Crippen LogP contribution in [0, 0.1) is 5.92 Å². The van der Waals surface area contributed by atoms with Crippen molar-refractivity contribution in [2.75, 3.05) is 10.6 Å². The molecule has 0 spiro atoms. The molecule has 0 atom stereocenters. The molecule has 1 aromatic heterocycles. The minimum absolute atomic E-state index is 0.131. The van der Waals surface area contributed by atoms with Gasteiger partial charge < -0.3 is 10.6 Å². The first-order chi connectivity index (χ1) is 12.2. The molecule has 2 N–H and O–H groups in total. The fraction of sp³-hybridized carbons (Fsp3) is 0.474. The molecule has 1 amide bonds. The van der Waals surface area contributed by atoms with E-state index in [1.807, 2.05) is 24.3 Å². The molecular formula is C19H25N5O. The zero-order valence-electron chi connectivity index (χ0n) is 14.9. The quantitative estimate of drug-likeness (QED) is 0.808. The molecule has 0 saturated heterocycles. The molecule has 0 unspecified atom stereocenters. The number of nitrogens with zero attached hydrogens (tertiary/aromatic N) is 3. The molecule has 0 radical (unpaired) electrons. The van der Waals surface area contributed by atoms with Crippen LogP contribution < -0.4 is 10.6 Å². The summed E-state index contributed by atoms with van der Waals surface area (Å²) in [5.41, 5.74) is 3.84. The Bertz CT molecular complexity index is 742. The second-order valence-corrected chi connectivity index (χ2v) is 6.41. The van der Waals surface area contributed by atoms with E-state index in [4.69, 9.17) is 0 Å². The topological polar surface area (TPSA) is 79.8 Å². The standard InChI is InChI=1S/C19H25N5O/c1-3-16-17(4-2)23-24-19(22-16)20-12-13-7-5-10-15(11-13)21-18(25)14-8-6-9-14/h5,7,10-11,14H,3-4,6,8-9,12H2,1-2H3,(H,21,25)(H,20,22,24). The lowest BCUT2D eigenvalue weighted by atomic mass is 9.85. The summed E-state index contributed by atoms with van der Waals surface area (Å²) >= 11 is 0. The fourth-order valence-electron chi connectivity index (χ4n) is 2.87. The summed E-state index contributed by atoms with van der Waals surface area (Å²) in [6.45, 7) is 4.71. The lowest BCUT2D eigenvalue weighted by molar-refractivity contribution is -0.122. The van der Waals surface area contributed by atoms with Crippen LogP contribution in [0.4, 0.5) is 11.6 Å². The Morgan fingerprint density at radius 2 is 1.96 bits per heavy atom. The Balaban J connectivity index is 1.61. The monoisotopic (exact) mass is 339 g/mol. The van der Waals surface area contributed by atoms with E-state index in [1.54, 1.807) is 0 Å². The summed E-state index contributed by atoms with van der Waals surface area (Å²) < 4.78 is 0. The van der Waals surface area contributed by atoms with Crippen molar-refractivity contribution in [2.45, 2.75) is 52.5 Å². The Morgan fingerprint density at radius 3 is 2.64 bits per heavy atom. The van der Waals surface area contributed by atoms with Crippen LogP contribution >= 0.6 is 0 Å². The molecule has 25 heavy (non-hydrogen) atoms. The van der Waals surface area contributed by atoms with Crippen LogP contribution in [0.2, 0.25) is 0 Å². The van der Waals surface area contributed by atoms with Crippen LogP contribution in [-0.4, -0.2) is 21.1 Å². The minimum Gasteiger partial charge on any atom is -0.349 e. The van der Waals surface area contributed by atoms with Gasteiger partial charge in [0.15, 0.2) is 0 Å². The lowest BCUT2D eigenvalue weighted by Crippen LogP contribution is -2.28. The maximum atomic E-state index is 12.1. The molecule has 1 aliphatic rings. The average molecular weight is 339 g/mol. The Labute approximate surface area is 148 Å². The number of amides is 1. The van der Waals surface area contributed by atoms with Gasteiger partial charge in [-0.1, -0.05) is 32.4 Å². The predicted molar refractivity (Wildman–Crippen MR) is 98.3 cm³/mol. The van der Waals surface area contributed by atoms with Crippen LogP contribution in [0.25, 0.3) is 0 Å². The van der Waals surface area contributed by atoms with Crippen LogP contribution in [0.15, 0.2) is 24.3 Å². The Morgan fingerprint density at radius 1 is 1.16 bits per heavy atom. The zero-order chi connectivity index (χ0) is 17.6. The van der Waals surface area contributed by atoms with Gasteiger partial charge in [-0.05, 0) is 43.4 Å². The summed E-state index contributed by atoms with van der Waals surface area (Å²) in [4.78, 5) is 16.6. The van der Waals surface area contributed by atoms with Crippen LogP contribution in [-0.2, 0) is 24.2 Å². The molecule has 2 aromatic rings. The summed E-state index contributed by atoms with van der Waals surface area (Å²) in [6, 6.07) is 7.87. The van der Waals surface area contributed by atoms with Gasteiger partial charge in [0.05, 0.1) is 11.4 Å². The van der Waals surface area contributed by atoms with E-state index in [9.17, 15) is 4.79 Å². The third-order valence-electron chi connectivity index (χ3n) is 4.63. The molecule has 6 heteroatoms. The van der Waals surface area contributed by atoms with E-state index >= 15 is 0 Å². The lowest BCUT2D eigenvalue weighted by Gasteiger charge is -2.24. The first kappa shape index (κ1) is 17.3. The second kappa shape index (κ2) is 8.05. The number of carbonyl (C=O) groups is 1. The van der Waals surface area contributed by atoms with E-state index in [-0.39, 0.29) is 11.8 Å². The molecule has 1 aliphatic carbocycles. The molecule has 1 saturated carbocycles. The Kier molecular flexibility index (Phi) is 5.58. The van der Waals surface area contributed by atoms with Crippen molar-refractivity contribution in [1.29, 1.82) is 0 Å². The molecule has 0 aliphatic heterocycles. The molecule has 0 bridgehead atoms. The first-order valence-corrected chi connectivity index (χ1v) is 9.05. The third kappa shape index (κ3) is 4.32. The number of nitrogens with one attached hydrogen (secondary N) is 2. The van der Waals surface area contributed by atoms with Gasteiger partial charge in [0, 0.05) is 18.2 Å². The highest BCUT2D eigenvalue weighted by Crippen LogP contribution is 2.27. The van der Waals surface area contributed by atoms with Crippen molar-refractivity contribution in [1.82, 2.24) is 15.2 Å². The van der Waals surface area contributed by atoms with Gasteiger partial charge in [-0.15, -0.1) is 5.10 Å². The highest BCUT2D eigenvalue weighted by atomic mass is 16.1. The van der Waals surface area contributed by atoms with Gasteiger partial charge in [-0.25, -0.2) is 4.98 Å². The van der Waals surface area contributed by atoms with Gasteiger partial charge in [-0.2, -0.15) is 5.10 Å². The van der Waals surface area contributed by atoms with E-state index < -0.39 is 0 Å².